The first-order chi connectivity index (χ1) is 7.25. The van der Waals surface area contributed by atoms with E-state index in [2.05, 4.69) is 11.4 Å². The third kappa shape index (κ3) is 2.70. The van der Waals surface area contributed by atoms with Gasteiger partial charge in [-0.3, -0.25) is 0 Å². The van der Waals surface area contributed by atoms with Gasteiger partial charge in [0.25, 0.3) is 0 Å². The van der Waals surface area contributed by atoms with Crippen LogP contribution in [0.5, 0.6) is 0 Å². The Balaban J connectivity index is 1.90. The van der Waals surface area contributed by atoms with Crippen molar-refractivity contribution in [2.45, 2.75) is 25.9 Å². The summed E-state index contributed by atoms with van der Waals surface area (Å²) < 4.78 is 5.17. The molecule has 0 aliphatic rings. The highest BCUT2D eigenvalue weighted by Crippen LogP contribution is 2.22. The predicted molar refractivity (Wildman–Crippen MR) is 61.0 cm³/mol. The molecule has 2 heterocycles. The molecule has 1 atom stereocenters. The lowest BCUT2D eigenvalue weighted by atomic mass is 10.1. The fourth-order valence-electron chi connectivity index (χ4n) is 1.54. The summed E-state index contributed by atoms with van der Waals surface area (Å²) in [4.78, 5) is 1.31. The second kappa shape index (κ2) is 4.64. The van der Waals surface area contributed by atoms with Crippen molar-refractivity contribution in [3.63, 3.8) is 0 Å². The molecule has 2 aromatic rings. The van der Waals surface area contributed by atoms with E-state index in [1.807, 2.05) is 19.1 Å². The van der Waals surface area contributed by atoms with Crippen LogP contribution in [0.15, 0.2) is 34.3 Å². The molecule has 0 saturated carbocycles. The summed E-state index contributed by atoms with van der Waals surface area (Å²) in [5.41, 5.74) is 0.879. The lowest BCUT2D eigenvalue weighted by molar-refractivity contribution is 0.167. The van der Waals surface area contributed by atoms with E-state index in [0.717, 1.165) is 24.2 Å². The Hall–Kier alpha value is -1.06. The molecule has 15 heavy (non-hydrogen) atoms. The molecule has 3 heteroatoms. The maximum Gasteiger partial charge on any atom is 0.101 e. The van der Waals surface area contributed by atoms with E-state index < -0.39 is 6.10 Å². The molecular weight excluding hydrogens is 208 g/mol. The molecule has 0 saturated heterocycles. The van der Waals surface area contributed by atoms with Crippen molar-refractivity contribution in [2.24, 2.45) is 0 Å². The lowest BCUT2D eigenvalue weighted by Gasteiger charge is -2.06. The van der Waals surface area contributed by atoms with Crippen molar-refractivity contribution in [1.82, 2.24) is 0 Å². The molecule has 0 aliphatic carbocycles. The van der Waals surface area contributed by atoms with Gasteiger partial charge in [0.2, 0.25) is 0 Å². The van der Waals surface area contributed by atoms with Gasteiger partial charge in [0.15, 0.2) is 0 Å². The van der Waals surface area contributed by atoms with E-state index in [1.165, 1.54) is 4.88 Å². The maximum atomic E-state index is 9.88. The number of rotatable bonds is 4. The molecule has 0 aromatic carbocycles. The molecule has 0 amide bonds. The summed E-state index contributed by atoms with van der Waals surface area (Å²) in [5, 5.41) is 11.9. The summed E-state index contributed by atoms with van der Waals surface area (Å²) in [6.07, 6.45) is 2.89. The van der Waals surface area contributed by atoms with Gasteiger partial charge in [0, 0.05) is 10.4 Å². The van der Waals surface area contributed by atoms with E-state index in [4.69, 9.17) is 4.42 Å². The van der Waals surface area contributed by atoms with Crippen molar-refractivity contribution in [3.05, 3.63) is 46.0 Å². The number of aryl methyl sites for hydroxylation is 2. The van der Waals surface area contributed by atoms with Gasteiger partial charge in [-0.05, 0) is 37.3 Å². The van der Waals surface area contributed by atoms with Crippen LogP contribution >= 0.6 is 11.3 Å². The fraction of sp³-hybridized carbons (Fsp3) is 0.333. The Kier molecular flexibility index (Phi) is 3.23. The molecule has 0 aliphatic heterocycles. The van der Waals surface area contributed by atoms with Gasteiger partial charge in [0.1, 0.15) is 5.76 Å². The number of furan rings is 1. The number of aliphatic hydroxyl groups is 1. The van der Waals surface area contributed by atoms with E-state index >= 15 is 0 Å². The Morgan fingerprint density at radius 2 is 2.40 bits per heavy atom. The minimum atomic E-state index is -0.412. The van der Waals surface area contributed by atoms with Crippen molar-refractivity contribution in [3.8, 4) is 0 Å². The first-order valence-electron chi connectivity index (χ1n) is 5.01. The van der Waals surface area contributed by atoms with Crippen LogP contribution in [0.4, 0.5) is 0 Å². The second-order valence-corrected chi connectivity index (χ2v) is 4.66. The highest BCUT2D eigenvalue weighted by Gasteiger charge is 2.10. The Bertz CT molecular complexity index is 403. The van der Waals surface area contributed by atoms with Gasteiger partial charge in [-0.25, -0.2) is 0 Å². The third-order valence-electron chi connectivity index (χ3n) is 2.38. The van der Waals surface area contributed by atoms with Gasteiger partial charge < -0.3 is 9.52 Å². The van der Waals surface area contributed by atoms with Gasteiger partial charge in [-0.15, -0.1) is 11.3 Å². The average molecular weight is 222 g/mol. The Morgan fingerprint density at radius 1 is 1.53 bits per heavy atom. The minimum absolute atomic E-state index is 0.412. The fourth-order valence-corrected chi connectivity index (χ4v) is 2.26. The second-order valence-electron chi connectivity index (χ2n) is 3.62. The molecular formula is C12H14O2S. The molecule has 80 valence electrons. The van der Waals surface area contributed by atoms with Crippen LogP contribution in [0, 0.1) is 6.92 Å². The van der Waals surface area contributed by atoms with Gasteiger partial charge in [0.05, 0.1) is 12.4 Å². The molecule has 0 bridgehead atoms. The summed E-state index contributed by atoms with van der Waals surface area (Å²) in [6, 6.07) is 6.02. The topological polar surface area (TPSA) is 33.4 Å². The van der Waals surface area contributed by atoms with Crippen LogP contribution in [-0.4, -0.2) is 5.11 Å². The predicted octanol–water partition coefficient (Wildman–Crippen LogP) is 3.32. The zero-order valence-electron chi connectivity index (χ0n) is 8.64. The monoisotopic (exact) mass is 222 g/mol. The average Bonchev–Trinajstić information content (AvgIpc) is 2.84. The first-order valence-corrected chi connectivity index (χ1v) is 5.89. The molecule has 1 unspecified atom stereocenters. The van der Waals surface area contributed by atoms with Gasteiger partial charge in [-0.2, -0.15) is 0 Å². The zero-order chi connectivity index (χ0) is 10.7. The standard InChI is InChI=1S/C12H14O2S/c1-9-7-10(8-14-9)12(13)5-4-11-3-2-6-15-11/h2-3,6-8,12-13H,4-5H2,1H3. The maximum absolute atomic E-state index is 9.88. The number of hydrogen-bond donors (Lipinski definition) is 1. The van der Waals surface area contributed by atoms with Gasteiger partial charge >= 0.3 is 0 Å². The highest BCUT2D eigenvalue weighted by atomic mass is 32.1. The summed E-state index contributed by atoms with van der Waals surface area (Å²) in [6.45, 7) is 1.88. The van der Waals surface area contributed by atoms with E-state index in [9.17, 15) is 5.11 Å². The smallest absolute Gasteiger partial charge is 0.101 e. The Labute approximate surface area is 93.2 Å². The largest absolute Gasteiger partial charge is 0.469 e. The minimum Gasteiger partial charge on any atom is -0.469 e. The number of hydrogen-bond acceptors (Lipinski definition) is 3. The highest BCUT2D eigenvalue weighted by molar-refractivity contribution is 7.09. The molecule has 0 spiro atoms. The summed E-state index contributed by atoms with van der Waals surface area (Å²) in [7, 11) is 0. The summed E-state index contributed by atoms with van der Waals surface area (Å²) in [5.74, 6) is 0.847. The zero-order valence-corrected chi connectivity index (χ0v) is 9.46. The number of aliphatic hydroxyl groups excluding tert-OH is 1. The third-order valence-corrected chi connectivity index (χ3v) is 3.32. The van der Waals surface area contributed by atoms with Crippen molar-refractivity contribution < 1.29 is 9.52 Å². The van der Waals surface area contributed by atoms with Crippen LogP contribution in [0.1, 0.15) is 28.7 Å². The molecule has 2 nitrogen and oxygen atoms in total. The van der Waals surface area contributed by atoms with Crippen molar-refractivity contribution in [2.75, 3.05) is 0 Å². The van der Waals surface area contributed by atoms with Crippen molar-refractivity contribution in [1.29, 1.82) is 0 Å². The van der Waals surface area contributed by atoms with Gasteiger partial charge in [-0.1, -0.05) is 6.07 Å². The van der Waals surface area contributed by atoms with E-state index in [0.29, 0.717) is 0 Å². The molecule has 1 N–H and O–H groups in total. The Morgan fingerprint density at radius 3 is 3.00 bits per heavy atom. The van der Waals surface area contributed by atoms with Crippen LogP contribution in [0.25, 0.3) is 0 Å². The van der Waals surface area contributed by atoms with Crippen molar-refractivity contribution >= 4 is 11.3 Å². The summed E-state index contributed by atoms with van der Waals surface area (Å²) >= 11 is 1.73. The first kappa shape index (κ1) is 10.5. The molecule has 2 aromatic heterocycles. The van der Waals surface area contributed by atoms with Crippen LogP contribution < -0.4 is 0 Å². The SMILES string of the molecule is Cc1cc(C(O)CCc2cccs2)co1. The normalized spacial score (nSPS) is 12.9. The van der Waals surface area contributed by atoms with Crippen LogP contribution in [0.2, 0.25) is 0 Å². The van der Waals surface area contributed by atoms with Crippen LogP contribution in [-0.2, 0) is 6.42 Å². The quantitative estimate of drug-likeness (QED) is 0.861. The lowest BCUT2D eigenvalue weighted by Crippen LogP contribution is -1.97. The number of thiophene rings is 1. The molecule has 2 rings (SSSR count). The molecule has 0 fully saturated rings. The van der Waals surface area contributed by atoms with E-state index in [1.54, 1.807) is 17.6 Å². The van der Waals surface area contributed by atoms with Crippen LogP contribution in [0.3, 0.4) is 0 Å². The molecule has 0 radical (unpaired) electrons. The van der Waals surface area contributed by atoms with E-state index in [-0.39, 0.29) is 0 Å².